The number of aromatic carboxylic acids is 1. The topological polar surface area (TPSA) is 95.1 Å². The molecule has 0 spiro atoms. The van der Waals surface area contributed by atoms with Gasteiger partial charge in [-0.25, -0.2) is 9.78 Å². The number of aromatic amines is 1. The van der Waals surface area contributed by atoms with Crippen LogP contribution < -0.4 is 10.2 Å². The minimum absolute atomic E-state index is 0.123. The maximum absolute atomic E-state index is 11.3. The SMILES string of the molecule is O=C(O)c1cc2c(nc1NCc1csc(=O)[nH]1)CCC2. The van der Waals surface area contributed by atoms with Crippen LogP contribution in [-0.4, -0.2) is 21.0 Å². The number of hydrogen-bond acceptors (Lipinski definition) is 5. The third-order valence-electron chi connectivity index (χ3n) is 3.30. The molecule has 1 aliphatic carbocycles. The molecule has 7 heteroatoms. The number of H-pyrrole nitrogens is 1. The number of nitrogens with one attached hydrogen (secondary N) is 2. The maximum Gasteiger partial charge on any atom is 0.339 e. The van der Waals surface area contributed by atoms with E-state index >= 15 is 0 Å². The van der Waals surface area contributed by atoms with E-state index in [1.165, 1.54) is 0 Å². The van der Waals surface area contributed by atoms with E-state index < -0.39 is 5.97 Å². The first-order chi connectivity index (χ1) is 9.63. The fourth-order valence-electron chi connectivity index (χ4n) is 2.35. The first-order valence-corrected chi connectivity index (χ1v) is 7.18. The van der Waals surface area contributed by atoms with E-state index in [4.69, 9.17) is 0 Å². The van der Waals surface area contributed by atoms with Gasteiger partial charge in [0.05, 0.1) is 6.54 Å². The van der Waals surface area contributed by atoms with Crippen LogP contribution in [0.1, 0.15) is 33.7 Å². The van der Waals surface area contributed by atoms with E-state index in [2.05, 4.69) is 15.3 Å². The van der Waals surface area contributed by atoms with E-state index in [-0.39, 0.29) is 10.4 Å². The number of hydrogen-bond donors (Lipinski definition) is 3. The zero-order chi connectivity index (χ0) is 14.1. The van der Waals surface area contributed by atoms with Gasteiger partial charge in [0.1, 0.15) is 11.4 Å². The van der Waals surface area contributed by atoms with E-state index in [1.54, 1.807) is 11.4 Å². The average molecular weight is 291 g/mol. The molecule has 104 valence electrons. The van der Waals surface area contributed by atoms with Crippen LogP contribution >= 0.6 is 11.3 Å². The van der Waals surface area contributed by atoms with Crippen molar-refractivity contribution in [2.45, 2.75) is 25.8 Å². The average Bonchev–Trinajstić information content (AvgIpc) is 3.03. The molecule has 0 aliphatic heterocycles. The molecule has 1 aliphatic rings. The third-order valence-corrected chi connectivity index (χ3v) is 4.02. The van der Waals surface area contributed by atoms with E-state index in [0.717, 1.165) is 47.6 Å². The van der Waals surface area contributed by atoms with Crippen LogP contribution in [0.3, 0.4) is 0 Å². The molecule has 0 radical (unpaired) electrons. The highest BCUT2D eigenvalue weighted by atomic mass is 32.1. The first-order valence-electron chi connectivity index (χ1n) is 6.30. The van der Waals surface area contributed by atoms with Gasteiger partial charge in [-0.05, 0) is 30.9 Å². The maximum atomic E-state index is 11.3. The first kappa shape index (κ1) is 12.9. The predicted molar refractivity (Wildman–Crippen MR) is 75.5 cm³/mol. The number of nitrogens with zero attached hydrogens (tertiary/aromatic N) is 1. The molecule has 0 bridgehead atoms. The van der Waals surface area contributed by atoms with Crippen molar-refractivity contribution in [3.63, 3.8) is 0 Å². The Balaban J connectivity index is 1.87. The highest BCUT2D eigenvalue weighted by Crippen LogP contribution is 2.25. The Bertz CT molecular complexity index is 720. The van der Waals surface area contributed by atoms with Crippen LogP contribution in [0.2, 0.25) is 0 Å². The molecular weight excluding hydrogens is 278 g/mol. The molecule has 0 aromatic carbocycles. The van der Waals surface area contributed by atoms with Crippen molar-refractivity contribution >= 4 is 23.1 Å². The Labute approximate surface area is 118 Å². The summed E-state index contributed by atoms with van der Waals surface area (Å²) in [5.74, 6) is -0.626. The molecule has 3 N–H and O–H groups in total. The van der Waals surface area contributed by atoms with Crippen LogP contribution in [-0.2, 0) is 19.4 Å². The second-order valence-corrected chi connectivity index (χ2v) is 5.52. The van der Waals surface area contributed by atoms with Gasteiger partial charge in [-0.15, -0.1) is 0 Å². The molecule has 2 heterocycles. The largest absolute Gasteiger partial charge is 0.478 e. The monoisotopic (exact) mass is 291 g/mol. The lowest BCUT2D eigenvalue weighted by atomic mass is 10.1. The van der Waals surface area contributed by atoms with Gasteiger partial charge >= 0.3 is 10.8 Å². The normalized spacial score (nSPS) is 13.2. The Kier molecular flexibility index (Phi) is 3.27. The number of aryl methyl sites for hydroxylation is 2. The van der Waals surface area contributed by atoms with Crippen LogP contribution in [0, 0.1) is 0 Å². The molecule has 0 fully saturated rings. The molecule has 0 atom stereocenters. The lowest BCUT2D eigenvalue weighted by Crippen LogP contribution is -2.11. The van der Waals surface area contributed by atoms with Crippen molar-refractivity contribution < 1.29 is 9.90 Å². The Morgan fingerprint density at radius 2 is 2.35 bits per heavy atom. The number of thiazole rings is 1. The number of anilines is 1. The van der Waals surface area contributed by atoms with Crippen molar-refractivity contribution in [1.82, 2.24) is 9.97 Å². The molecular formula is C13H13N3O3S. The third kappa shape index (κ3) is 2.44. The Morgan fingerprint density at radius 3 is 3.05 bits per heavy atom. The zero-order valence-corrected chi connectivity index (χ0v) is 11.4. The summed E-state index contributed by atoms with van der Waals surface area (Å²) in [5.41, 5.74) is 2.90. The highest BCUT2D eigenvalue weighted by Gasteiger charge is 2.19. The van der Waals surface area contributed by atoms with Crippen molar-refractivity contribution in [3.8, 4) is 0 Å². The summed E-state index contributed by atoms with van der Waals surface area (Å²) in [7, 11) is 0. The molecule has 0 unspecified atom stereocenters. The molecule has 0 saturated carbocycles. The number of fused-ring (bicyclic) bond motifs is 1. The highest BCUT2D eigenvalue weighted by molar-refractivity contribution is 7.07. The fraction of sp³-hybridized carbons (Fsp3) is 0.308. The van der Waals surface area contributed by atoms with Crippen molar-refractivity contribution in [2.24, 2.45) is 0 Å². The van der Waals surface area contributed by atoms with Crippen molar-refractivity contribution in [3.05, 3.63) is 43.6 Å². The zero-order valence-electron chi connectivity index (χ0n) is 10.6. The molecule has 2 aromatic heterocycles. The van der Waals surface area contributed by atoms with Gasteiger partial charge in [0.2, 0.25) is 0 Å². The molecule has 0 amide bonds. The van der Waals surface area contributed by atoms with Gasteiger partial charge < -0.3 is 15.4 Å². The van der Waals surface area contributed by atoms with Crippen LogP contribution in [0.5, 0.6) is 0 Å². The van der Waals surface area contributed by atoms with E-state index in [0.29, 0.717) is 12.4 Å². The summed E-state index contributed by atoms with van der Waals surface area (Å²) in [4.78, 5) is 29.3. The van der Waals surface area contributed by atoms with Crippen LogP contribution in [0.4, 0.5) is 5.82 Å². The minimum Gasteiger partial charge on any atom is -0.478 e. The quantitative estimate of drug-likeness (QED) is 0.796. The van der Waals surface area contributed by atoms with Crippen LogP contribution in [0.15, 0.2) is 16.2 Å². The Morgan fingerprint density at radius 1 is 1.50 bits per heavy atom. The predicted octanol–water partition coefficient (Wildman–Crippen LogP) is 1.63. The van der Waals surface area contributed by atoms with Gasteiger partial charge in [-0.2, -0.15) is 0 Å². The van der Waals surface area contributed by atoms with Gasteiger partial charge in [0, 0.05) is 16.8 Å². The molecule has 2 aromatic rings. The summed E-state index contributed by atoms with van der Waals surface area (Å²) < 4.78 is 0. The lowest BCUT2D eigenvalue weighted by molar-refractivity contribution is 0.0697. The van der Waals surface area contributed by atoms with Crippen LogP contribution in [0.25, 0.3) is 0 Å². The lowest BCUT2D eigenvalue weighted by Gasteiger charge is -2.10. The number of carboxylic acids is 1. The molecule has 0 saturated heterocycles. The van der Waals surface area contributed by atoms with E-state index in [1.807, 2.05) is 0 Å². The van der Waals surface area contributed by atoms with Crippen molar-refractivity contribution in [2.75, 3.05) is 5.32 Å². The summed E-state index contributed by atoms with van der Waals surface area (Å²) in [6.45, 7) is 0.352. The molecule has 3 rings (SSSR count). The Hall–Kier alpha value is -2.15. The smallest absolute Gasteiger partial charge is 0.339 e. The molecule has 6 nitrogen and oxygen atoms in total. The number of carboxylic acid groups (broad SMARTS) is 1. The van der Waals surface area contributed by atoms with E-state index in [9.17, 15) is 14.7 Å². The molecule has 20 heavy (non-hydrogen) atoms. The summed E-state index contributed by atoms with van der Waals surface area (Å²) in [6.07, 6.45) is 2.79. The van der Waals surface area contributed by atoms with Gasteiger partial charge in [-0.3, -0.25) is 4.79 Å². The number of pyridine rings is 1. The summed E-state index contributed by atoms with van der Waals surface area (Å²) in [6, 6.07) is 1.70. The second-order valence-electron chi connectivity index (χ2n) is 4.68. The van der Waals surface area contributed by atoms with Crippen molar-refractivity contribution in [1.29, 1.82) is 0 Å². The number of aromatic nitrogens is 2. The standard InChI is InChI=1S/C13H13N3O3S/c17-12(18)9-4-7-2-1-3-10(7)16-11(9)14-5-8-6-20-13(19)15-8/h4,6H,1-3,5H2,(H,14,16)(H,15,19)(H,17,18). The summed E-state index contributed by atoms with van der Waals surface area (Å²) in [5, 5.41) is 14.0. The summed E-state index contributed by atoms with van der Waals surface area (Å²) >= 11 is 1.08. The van der Waals surface area contributed by atoms with Gasteiger partial charge in [0.15, 0.2) is 0 Å². The number of rotatable bonds is 4. The van der Waals surface area contributed by atoms with Gasteiger partial charge in [-0.1, -0.05) is 11.3 Å². The number of carbonyl (C=O) groups is 1. The van der Waals surface area contributed by atoms with Gasteiger partial charge in [0.25, 0.3) is 0 Å². The fourth-order valence-corrected chi connectivity index (χ4v) is 2.93. The minimum atomic E-state index is -0.992. The second kappa shape index (κ2) is 5.09.